The van der Waals surface area contributed by atoms with Crippen LogP contribution in [-0.4, -0.2) is 34.6 Å². The number of ether oxygens (including phenoxy) is 2. The minimum Gasteiger partial charge on any atom is -0.508 e. The molecule has 0 spiro atoms. The fraction of sp³-hybridized carbons (Fsp3) is 0.0625. The number of hydrogen-bond donors (Lipinski definition) is 4. The van der Waals surface area contributed by atoms with Gasteiger partial charge in [0.2, 0.25) is 0 Å². The van der Waals surface area contributed by atoms with Gasteiger partial charge in [-0.2, -0.15) is 0 Å². The summed E-state index contributed by atoms with van der Waals surface area (Å²) in [5.74, 6) is -0.524. The number of aromatic hydroxyl groups is 4. The summed E-state index contributed by atoms with van der Waals surface area (Å²) in [5, 5.41) is 41.3. The number of hydrogen-bond acceptors (Lipinski definition) is 10. The van der Waals surface area contributed by atoms with Gasteiger partial charge in [-0.15, -0.1) is 0 Å². The largest absolute Gasteiger partial charge is 0.508 e. The number of benzene rings is 4. The van der Waals surface area contributed by atoms with E-state index in [1.807, 2.05) is 0 Å². The molecule has 4 N–H and O–H groups in total. The van der Waals surface area contributed by atoms with Crippen LogP contribution in [-0.2, 0) is 0 Å². The highest BCUT2D eigenvalue weighted by atomic mass is 16.5. The van der Waals surface area contributed by atoms with Crippen LogP contribution in [0.2, 0.25) is 0 Å². The van der Waals surface area contributed by atoms with Crippen LogP contribution < -0.4 is 20.3 Å². The van der Waals surface area contributed by atoms with Gasteiger partial charge in [0.25, 0.3) is 0 Å². The van der Waals surface area contributed by atoms with Gasteiger partial charge in [0.05, 0.1) is 25.3 Å². The predicted octanol–water partition coefficient (Wildman–Crippen LogP) is 5.74. The van der Waals surface area contributed by atoms with Crippen molar-refractivity contribution in [3.63, 3.8) is 0 Å². The van der Waals surface area contributed by atoms with E-state index in [1.54, 1.807) is 24.3 Å². The van der Waals surface area contributed by atoms with Crippen molar-refractivity contribution in [2.75, 3.05) is 14.2 Å². The molecule has 4 aromatic carbocycles. The third kappa shape index (κ3) is 4.22. The van der Waals surface area contributed by atoms with Gasteiger partial charge >= 0.3 is 0 Å². The van der Waals surface area contributed by atoms with Crippen LogP contribution in [0.1, 0.15) is 0 Å². The molecule has 0 saturated heterocycles. The fourth-order valence-corrected chi connectivity index (χ4v) is 4.91. The van der Waals surface area contributed by atoms with Crippen molar-refractivity contribution in [2.45, 2.75) is 0 Å². The molecule has 10 nitrogen and oxygen atoms in total. The van der Waals surface area contributed by atoms with E-state index in [1.165, 1.54) is 62.8 Å². The van der Waals surface area contributed by atoms with Crippen molar-refractivity contribution in [1.29, 1.82) is 0 Å². The second-order valence-corrected chi connectivity index (χ2v) is 9.40. The van der Waals surface area contributed by atoms with E-state index in [4.69, 9.17) is 18.3 Å². The molecule has 0 fully saturated rings. The average Bonchev–Trinajstić information content (AvgIpc) is 2.97. The Morgan fingerprint density at radius 2 is 1.10 bits per heavy atom. The van der Waals surface area contributed by atoms with Crippen LogP contribution in [0.25, 0.3) is 55.7 Å². The number of fused-ring (bicyclic) bond motifs is 2. The number of methoxy groups -OCH3 is 2. The Balaban J connectivity index is 1.69. The molecule has 0 aliphatic rings. The van der Waals surface area contributed by atoms with Crippen LogP contribution in [0.3, 0.4) is 0 Å². The maximum absolute atomic E-state index is 13.4. The highest BCUT2D eigenvalue weighted by molar-refractivity contribution is 6.06. The average molecular weight is 567 g/mol. The summed E-state index contributed by atoms with van der Waals surface area (Å²) in [5.41, 5.74) is -0.311. The molecule has 42 heavy (non-hydrogen) atoms. The zero-order valence-electron chi connectivity index (χ0n) is 22.2. The van der Waals surface area contributed by atoms with E-state index < -0.39 is 22.4 Å². The molecule has 0 saturated carbocycles. The number of phenols is 4. The van der Waals surface area contributed by atoms with Crippen LogP contribution in [0.4, 0.5) is 0 Å². The molecule has 0 bridgehead atoms. The van der Waals surface area contributed by atoms with Gasteiger partial charge in [0.15, 0.2) is 16.4 Å². The third-order valence-electron chi connectivity index (χ3n) is 6.90. The summed E-state index contributed by atoms with van der Waals surface area (Å²) in [6.45, 7) is 0. The molecule has 6 rings (SSSR count). The fourth-order valence-electron chi connectivity index (χ4n) is 4.91. The van der Waals surface area contributed by atoms with E-state index in [9.17, 15) is 30.0 Å². The number of rotatable bonds is 5. The van der Waals surface area contributed by atoms with Gasteiger partial charge in [-0.25, -0.2) is 0 Å². The van der Waals surface area contributed by atoms with Crippen LogP contribution in [0.5, 0.6) is 34.5 Å². The van der Waals surface area contributed by atoms with E-state index >= 15 is 0 Å². The van der Waals surface area contributed by atoms with Gasteiger partial charge in [-0.3, -0.25) is 9.59 Å². The van der Waals surface area contributed by atoms with E-state index in [0.29, 0.717) is 11.1 Å². The van der Waals surface area contributed by atoms with Gasteiger partial charge in [0.1, 0.15) is 62.4 Å². The van der Waals surface area contributed by atoms with Crippen LogP contribution >= 0.6 is 0 Å². The minimum absolute atomic E-state index is 0.0111. The van der Waals surface area contributed by atoms with Crippen molar-refractivity contribution in [3.05, 3.63) is 93.2 Å². The van der Waals surface area contributed by atoms with Crippen molar-refractivity contribution in [3.8, 4) is 68.3 Å². The van der Waals surface area contributed by atoms with Crippen molar-refractivity contribution < 1.29 is 38.7 Å². The topological polar surface area (TPSA) is 160 Å². The first-order valence-corrected chi connectivity index (χ1v) is 12.5. The quantitative estimate of drug-likeness (QED) is 0.203. The Kier molecular flexibility index (Phi) is 6.23. The van der Waals surface area contributed by atoms with Gasteiger partial charge in [0, 0.05) is 35.4 Å². The molecule has 10 heteroatoms. The lowest BCUT2D eigenvalue weighted by Gasteiger charge is -2.18. The van der Waals surface area contributed by atoms with Gasteiger partial charge < -0.3 is 38.7 Å². The molecule has 0 unspecified atom stereocenters. The van der Waals surface area contributed by atoms with E-state index in [2.05, 4.69) is 0 Å². The molecule has 0 aliphatic heterocycles. The lowest BCUT2D eigenvalue weighted by molar-refractivity contribution is 0.402. The molecular formula is C32H22O10. The molecule has 2 heterocycles. The maximum atomic E-state index is 13.4. The van der Waals surface area contributed by atoms with Crippen molar-refractivity contribution >= 4 is 21.9 Å². The highest BCUT2D eigenvalue weighted by Gasteiger charge is 2.28. The lowest BCUT2D eigenvalue weighted by atomic mass is 9.96. The minimum atomic E-state index is -0.585. The van der Waals surface area contributed by atoms with Gasteiger partial charge in [-0.05, 0) is 48.5 Å². The summed E-state index contributed by atoms with van der Waals surface area (Å²) in [6, 6.07) is 17.0. The summed E-state index contributed by atoms with van der Waals surface area (Å²) < 4.78 is 23.3. The predicted molar refractivity (Wildman–Crippen MR) is 155 cm³/mol. The van der Waals surface area contributed by atoms with Crippen LogP contribution in [0, 0.1) is 0 Å². The third-order valence-corrected chi connectivity index (χ3v) is 6.90. The Labute approximate surface area is 236 Å². The smallest absolute Gasteiger partial charge is 0.197 e. The Hall–Kier alpha value is -5.90. The van der Waals surface area contributed by atoms with Crippen molar-refractivity contribution in [2.24, 2.45) is 0 Å². The second kappa shape index (κ2) is 9.93. The Morgan fingerprint density at radius 3 is 1.64 bits per heavy atom. The first kappa shape index (κ1) is 26.3. The molecule has 210 valence electrons. The summed E-state index contributed by atoms with van der Waals surface area (Å²) in [7, 11) is 2.67. The number of phenolic OH excluding ortho intramolecular Hbond substituents is 4. The van der Waals surface area contributed by atoms with Gasteiger partial charge in [-0.1, -0.05) is 0 Å². The summed E-state index contributed by atoms with van der Waals surface area (Å²) >= 11 is 0. The van der Waals surface area contributed by atoms with Crippen molar-refractivity contribution in [1.82, 2.24) is 0 Å². The Bertz CT molecular complexity index is 2120. The standard InChI is InChI=1S/C32H22O10/c1-39-24-13-20(36)27-19(35)11-23(16-5-9-18(34)10-6-16)42-32(27)30(24)29-25(40-2)14-26-28(31(29)38)21(37)12-22(41-26)15-3-7-17(33)8-4-15/h3-14,33-34,36,38H,1-2H3. The first-order valence-electron chi connectivity index (χ1n) is 12.5. The maximum Gasteiger partial charge on any atom is 0.197 e. The monoisotopic (exact) mass is 566 g/mol. The normalized spacial score (nSPS) is 11.2. The molecular weight excluding hydrogens is 544 g/mol. The molecule has 6 aromatic rings. The molecule has 0 radical (unpaired) electrons. The molecule has 0 amide bonds. The Morgan fingerprint density at radius 1 is 0.595 bits per heavy atom. The molecule has 0 atom stereocenters. The zero-order valence-corrected chi connectivity index (χ0v) is 22.2. The lowest BCUT2D eigenvalue weighted by Crippen LogP contribution is -2.05. The molecule has 2 aromatic heterocycles. The van der Waals surface area contributed by atoms with Crippen LogP contribution in [0.15, 0.2) is 91.2 Å². The zero-order chi connectivity index (χ0) is 29.7. The second-order valence-electron chi connectivity index (χ2n) is 9.40. The van der Waals surface area contributed by atoms with E-state index in [-0.39, 0.29) is 67.6 Å². The SMILES string of the molecule is COc1cc2oc(-c3ccc(O)cc3)cc(=O)c2c(O)c1-c1c(OC)cc(O)c2c(=O)cc(-c3ccc(O)cc3)oc12. The summed E-state index contributed by atoms with van der Waals surface area (Å²) in [6.07, 6.45) is 0. The summed E-state index contributed by atoms with van der Waals surface area (Å²) in [4.78, 5) is 26.6. The highest BCUT2D eigenvalue weighted by Crippen LogP contribution is 2.50. The molecule has 0 aliphatic carbocycles. The van der Waals surface area contributed by atoms with E-state index in [0.717, 1.165) is 0 Å². The first-order chi connectivity index (χ1) is 20.2.